The number of aromatic nitrogens is 5. The molecular weight excluding hydrogens is 426 g/mol. The molecule has 1 aromatic carbocycles. The normalized spacial score (nSPS) is 20.1. The van der Waals surface area contributed by atoms with E-state index in [9.17, 15) is 0 Å². The predicted octanol–water partition coefficient (Wildman–Crippen LogP) is 4.35. The van der Waals surface area contributed by atoms with Gasteiger partial charge in [-0.3, -0.25) is 0 Å². The molecule has 3 N–H and O–H groups in total. The lowest BCUT2D eigenvalue weighted by atomic mass is 9.73. The van der Waals surface area contributed by atoms with Crippen molar-refractivity contribution >= 4 is 22.4 Å². The molecule has 3 aromatic heterocycles. The monoisotopic (exact) mass is 453 g/mol. The number of anilines is 1. The van der Waals surface area contributed by atoms with E-state index in [1.165, 1.54) is 30.4 Å². The molecule has 1 aliphatic carbocycles. The Morgan fingerprint density at radius 3 is 2.59 bits per heavy atom. The number of hydrogen-bond acceptors (Lipinski definition) is 7. The molecule has 0 radical (unpaired) electrons. The van der Waals surface area contributed by atoms with Gasteiger partial charge in [0.1, 0.15) is 23.5 Å². The quantitative estimate of drug-likeness (QED) is 0.473. The van der Waals surface area contributed by atoms with E-state index >= 15 is 0 Å². The number of aryl methyl sites for hydroxylation is 1. The zero-order valence-electron chi connectivity index (χ0n) is 19.2. The molecule has 4 aromatic rings. The maximum absolute atomic E-state index is 6.40. The van der Waals surface area contributed by atoms with Gasteiger partial charge in [0.2, 0.25) is 0 Å². The van der Waals surface area contributed by atoms with Gasteiger partial charge in [0, 0.05) is 31.5 Å². The van der Waals surface area contributed by atoms with Crippen LogP contribution in [0.2, 0.25) is 0 Å². The number of hydrogen-bond donors (Lipinski definition) is 2. The van der Waals surface area contributed by atoms with Gasteiger partial charge in [-0.15, -0.1) is 0 Å². The van der Waals surface area contributed by atoms with Crippen LogP contribution in [0.1, 0.15) is 31.4 Å². The summed E-state index contributed by atoms with van der Waals surface area (Å²) in [5.41, 5.74) is 12.3. The summed E-state index contributed by atoms with van der Waals surface area (Å²) in [6.45, 7) is 2.24. The van der Waals surface area contributed by atoms with Gasteiger partial charge in [0.05, 0.1) is 11.1 Å². The van der Waals surface area contributed by atoms with Crippen LogP contribution in [0.3, 0.4) is 0 Å². The Kier molecular flexibility index (Phi) is 5.03. The maximum atomic E-state index is 6.40. The zero-order chi connectivity index (χ0) is 23.1. The lowest BCUT2D eigenvalue weighted by Crippen LogP contribution is -2.25. The van der Waals surface area contributed by atoms with Crippen molar-refractivity contribution in [1.82, 2.24) is 29.8 Å². The standard InChI is InChI=1S/C26H27N7O/c1-33-22(18-7-9-26(10-8-18)11-14-28-15-26)20(21-23(27)31-16-32-24(21)33)17-3-5-19(6-4-17)34-25-29-12-2-13-30-25/h2-7,12-13,16,28H,8-11,14-15H2,1H3,(H2,27,31,32). The van der Waals surface area contributed by atoms with Gasteiger partial charge < -0.3 is 20.4 Å². The molecule has 1 spiro atoms. The summed E-state index contributed by atoms with van der Waals surface area (Å²) in [7, 11) is 2.07. The summed E-state index contributed by atoms with van der Waals surface area (Å²) >= 11 is 0. The van der Waals surface area contributed by atoms with Gasteiger partial charge in [-0.1, -0.05) is 18.2 Å². The summed E-state index contributed by atoms with van der Waals surface area (Å²) < 4.78 is 7.96. The molecule has 8 heteroatoms. The third-order valence-electron chi connectivity index (χ3n) is 7.23. The van der Waals surface area contributed by atoms with Gasteiger partial charge in [0.25, 0.3) is 0 Å². The maximum Gasteiger partial charge on any atom is 0.321 e. The van der Waals surface area contributed by atoms with E-state index in [2.05, 4.69) is 55.1 Å². The Hall–Kier alpha value is -3.78. The first-order valence-electron chi connectivity index (χ1n) is 11.7. The van der Waals surface area contributed by atoms with Crippen LogP contribution in [0.15, 0.2) is 55.1 Å². The minimum Gasteiger partial charge on any atom is -0.424 e. The zero-order valence-corrected chi connectivity index (χ0v) is 19.2. The number of fused-ring (bicyclic) bond motifs is 1. The van der Waals surface area contributed by atoms with E-state index in [0.717, 1.165) is 48.1 Å². The Bertz CT molecular complexity index is 1370. The molecule has 8 nitrogen and oxygen atoms in total. The molecule has 1 atom stereocenters. The fourth-order valence-corrected chi connectivity index (χ4v) is 5.41. The van der Waals surface area contributed by atoms with E-state index in [-0.39, 0.29) is 0 Å². The third-order valence-corrected chi connectivity index (χ3v) is 7.23. The molecule has 1 aliphatic heterocycles. The van der Waals surface area contributed by atoms with E-state index in [0.29, 0.717) is 23.0 Å². The number of benzene rings is 1. The van der Waals surface area contributed by atoms with E-state index in [4.69, 9.17) is 10.5 Å². The minimum absolute atomic E-state index is 0.321. The van der Waals surface area contributed by atoms with Crippen LogP contribution < -0.4 is 15.8 Å². The topological polar surface area (TPSA) is 104 Å². The van der Waals surface area contributed by atoms with E-state index in [1.54, 1.807) is 18.5 Å². The van der Waals surface area contributed by atoms with E-state index < -0.39 is 0 Å². The Labute approximate surface area is 197 Å². The second-order valence-corrected chi connectivity index (χ2v) is 9.26. The Morgan fingerprint density at radius 1 is 1.06 bits per heavy atom. The highest BCUT2D eigenvalue weighted by Gasteiger charge is 2.36. The van der Waals surface area contributed by atoms with Crippen molar-refractivity contribution in [1.29, 1.82) is 0 Å². The molecule has 0 bridgehead atoms. The molecule has 1 unspecified atom stereocenters. The van der Waals surface area contributed by atoms with Gasteiger partial charge in [-0.05, 0) is 67.0 Å². The fourth-order valence-electron chi connectivity index (χ4n) is 5.41. The lowest BCUT2D eigenvalue weighted by molar-refractivity contribution is 0.295. The fraction of sp³-hybridized carbons (Fsp3) is 0.308. The van der Waals surface area contributed by atoms with Crippen LogP contribution in [0.25, 0.3) is 27.7 Å². The highest BCUT2D eigenvalue weighted by molar-refractivity contribution is 6.05. The summed E-state index contributed by atoms with van der Waals surface area (Å²) in [6.07, 6.45) is 11.9. The van der Waals surface area contributed by atoms with Gasteiger partial charge >= 0.3 is 6.01 Å². The molecule has 0 amide bonds. The largest absolute Gasteiger partial charge is 0.424 e. The van der Waals surface area contributed by atoms with Crippen LogP contribution in [0.5, 0.6) is 11.8 Å². The number of nitrogens with two attached hydrogens (primary N) is 1. The average Bonchev–Trinajstić information content (AvgIpc) is 3.44. The lowest BCUT2D eigenvalue weighted by Gasteiger charge is -2.32. The molecule has 2 aliphatic rings. The van der Waals surface area contributed by atoms with Crippen LogP contribution in [0, 0.1) is 5.41 Å². The number of ether oxygens (including phenoxy) is 1. The molecule has 1 fully saturated rings. The van der Waals surface area contributed by atoms with Crippen molar-refractivity contribution in [3.8, 4) is 22.9 Å². The van der Waals surface area contributed by atoms with Crippen molar-refractivity contribution in [3.63, 3.8) is 0 Å². The number of allylic oxidation sites excluding steroid dienone is 2. The average molecular weight is 454 g/mol. The summed E-state index contributed by atoms with van der Waals surface area (Å²) in [5, 5.41) is 4.44. The second kappa shape index (κ2) is 8.22. The second-order valence-electron chi connectivity index (χ2n) is 9.26. The van der Waals surface area contributed by atoms with Crippen molar-refractivity contribution in [2.75, 3.05) is 18.8 Å². The highest BCUT2D eigenvalue weighted by Crippen LogP contribution is 2.47. The van der Waals surface area contributed by atoms with Crippen molar-refractivity contribution < 1.29 is 4.74 Å². The van der Waals surface area contributed by atoms with Crippen LogP contribution in [-0.2, 0) is 7.05 Å². The molecular formula is C26H27N7O. The smallest absolute Gasteiger partial charge is 0.321 e. The molecule has 0 saturated carbocycles. The summed E-state index contributed by atoms with van der Waals surface area (Å²) in [4.78, 5) is 17.2. The summed E-state index contributed by atoms with van der Waals surface area (Å²) in [5.74, 6) is 1.17. The highest BCUT2D eigenvalue weighted by atomic mass is 16.5. The van der Waals surface area contributed by atoms with Gasteiger partial charge in [0.15, 0.2) is 0 Å². The van der Waals surface area contributed by atoms with Crippen LogP contribution in [-0.4, -0.2) is 37.6 Å². The minimum atomic E-state index is 0.321. The first kappa shape index (κ1) is 20.8. The van der Waals surface area contributed by atoms with Crippen molar-refractivity contribution in [2.45, 2.75) is 25.7 Å². The van der Waals surface area contributed by atoms with Crippen molar-refractivity contribution in [2.24, 2.45) is 12.5 Å². The van der Waals surface area contributed by atoms with Crippen molar-refractivity contribution in [3.05, 3.63) is 60.8 Å². The number of nitrogen functional groups attached to an aromatic ring is 1. The van der Waals surface area contributed by atoms with Gasteiger partial charge in [-0.2, -0.15) is 0 Å². The summed E-state index contributed by atoms with van der Waals surface area (Å²) in [6, 6.07) is 10.0. The van der Waals surface area contributed by atoms with Crippen LogP contribution in [0.4, 0.5) is 5.82 Å². The molecule has 6 rings (SSSR count). The predicted molar refractivity (Wildman–Crippen MR) is 132 cm³/mol. The molecule has 34 heavy (non-hydrogen) atoms. The third kappa shape index (κ3) is 3.51. The SMILES string of the molecule is Cn1c(C2=CCC3(CCNC3)CC2)c(-c2ccc(Oc3ncccn3)cc2)c2c(N)ncnc21. The molecule has 1 saturated heterocycles. The van der Waals surface area contributed by atoms with Crippen LogP contribution >= 0.6 is 0 Å². The number of rotatable bonds is 4. The Balaban J connectivity index is 1.43. The first-order valence-corrected chi connectivity index (χ1v) is 11.7. The van der Waals surface area contributed by atoms with E-state index in [1.807, 2.05) is 12.1 Å². The number of nitrogens with zero attached hydrogens (tertiary/aromatic N) is 5. The van der Waals surface area contributed by atoms with Gasteiger partial charge in [-0.25, -0.2) is 19.9 Å². The number of nitrogens with one attached hydrogen (secondary N) is 1. The molecule has 4 heterocycles. The molecule has 172 valence electrons. The Morgan fingerprint density at radius 2 is 1.88 bits per heavy atom. The first-order chi connectivity index (χ1) is 16.6.